The molecule has 1 N–H and O–H groups in total. The Bertz CT molecular complexity index is 864. The van der Waals surface area contributed by atoms with Crippen molar-refractivity contribution in [3.8, 4) is 0 Å². The molecule has 7 heteroatoms. The Kier molecular flexibility index (Phi) is 4.90. The zero-order chi connectivity index (χ0) is 17.0. The average Bonchev–Trinajstić information content (AvgIpc) is 2.54. The fourth-order valence-electron chi connectivity index (χ4n) is 1.97. The Morgan fingerprint density at radius 2 is 1.87 bits per heavy atom. The van der Waals surface area contributed by atoms with Crippen LogP contribution in [-0.4, -0.2) is 15.0 Å². The lowest BCUT2D eigenvalue weighted by Gasteiger charge is -2.04. The lowest BCUT2D eigenvalue weighted by Crippen LogP contribution is -2.37. The molecule has 0 saturated carbocycles. The number of benzene rings is 1. The lowest BCUT2D eigenvalue weighted by atomic mass is 10.2. The Hall–Kier alpha value is -2.96. The standard InChI is InChI=1S/C16H16FN3O3/c1-19-10-12(15(22)20(2)16(19)23)5-8-14(21)18-9-11-3-6-13(17)7-4-11/h3-8,10H,9H2,1-2H3,(H,18,21)/b8-5+. The Morgan fingerprint density at radius 3 is 2.52 bits per heavy atom. The van der Waals surface area contributed by atoms with Gasteiger partial charge in [-0.3, -0.25) is 14.2 Å². The maximum absolute atomic E-state index is 12.8. The first-order valence-corrected chi connectivity index (χ1v) is 6.85. The molecule has 1 heterocycles. The van der Waals surface area contributed by atoms with Crippen LogP contribution in [0.1, 0.15) is 11.1 Å². The molecule has 23 heavy (non-hydrogen) atoms. The van der Waals surface area contributed by atoms with Crippen LogP contribution >= 0.6 is 0 Å². The van der Waals surface area contributed by atoms with Crippen molar-refractivity contribution in [2.24, 2.45) is 14.1 Å². The van der Waals surface area contributed by atoms with Gasteiger partial charge in [0, 0.05) is 32.9 Å². The van der Waals surface area contributed by atoms with E-state index in [0.29, 0.717) is 0 Å². The van der Waals surface area contributed by atoms with Gasteiger partial charge >= 0.3 is 5.69 Å². The van der Waals surface area contributed by atoms with E-state index in [1.807, 2.05) is 0 Å². The first-order chi connectivity index (χ1) is 10.9. The minimum Gasteiger partial charge on any atom is -0.348 e. The number of hydrogen-bond donors (Lipinski definition) is 1. The summed E-state index contributed by atoms with van der Waals surface area (Å²) >= 11 is 0. The monoisotopic (exact) mass is 317 g/mol. The first kappa shape index (κ1) is 16.4. The van der Waals surface area contributed by atoms with Crippen molar-refractivity contribution >= 4 is 12.0 Å². The van der Waals surface area contributed by atoms with Crippen molar-refractivity contribution in [2.75, 3.05) is 0 Å². The van der Waals surface area contributed by atoms with Gasteiger partial charge in [0.2, 0.25) is 5.91 Å². The molecular formula is C16H16FN3O3. The maximum atomic E-state index is 12.8. The molecule has 6 nitrogen and oxygen atoms in total. The highest BCUT2D eigenvalue weighted by atomic mass is 19.1. The van der Waals surface area contributed by atoms with E-state index in [0.717, 1.165) is 10.1 Å². The number of aryl methyl sites for hydroxylation is 1. The van der Waals surface area contributed by atoms with Crippen LogP contribution in [-0.2, 0) is 25.4 Å². The number of aromatic nitrogens is 2. The number of carbonyl (C=O) groups excluding carboxylic acids is 1. The zero-order valence-electron chi connectivity index (χ0n) is 12.7. The molecule has 1 aromatic carbocycles. The predicted octanol–water partition coefficient (Wildman–Crippen LogP) is 0.553. The number of nitrogens with zero attached hydrogens (tertiary/aromatic N) is 2. The lowest BCUT2D eigenvalue weighted by molar-refractivity contribution is -0.116. The highest BCUT2D eigenvalue weighted by molar-refractivity contribution is 5.91. The van der Waals surface area contributed by atoms with Crippen molar-refractivity contribution in [1.82, 2.24) is 14.5 Å². The molecule has 1 amide bonds. The molecule has 0 spiro atoms. The normalized spacial score (nSPS) is 10.9. The molecule has 0 unspecified atom stereocenters. The van der Waals surface area contributed by atoms with Crippen molar-refractivity contribution in [3.63, 3.8) is 0 Å². The molecule has 0 aliphatic rings. The first-order valence-electron chi connectivity index (χ1n) is 6.85. The van der Waals surface area contributed by atoms with Crippen LogP contribution in [0.4, 0.5) is 4.39 Å². The molecule has 0 saturated heterocycles. The molecule has 0 aliphatic heterocycles. The van der Waals surface area contributed by atoms with Gasteiger partial charge in [0.1, 0.15) is 5.82 Å². The number of amides is 1. The minimum absolute atomic E-state index is 0.228. The molecule has 0 fully saturated rings. The summed E-state index contributed by atoms with van der Waals surface area (Å²) in [4.78, 5) is 35.2. The second-order valence-electron chi connectivity index (χ2n) is 5.02. The summed E-state index contributed by atoms with van der Waals surface area (Å²) in [5.74, 6) is -0.740. The quantitative estimate of drug-likeness (QED) is 0.837. The molecule has 1 aromatic heterocycles. The fourth-order valence-corrected chi connectivity index (χ4v) is 1.97. The highest BCUT2D eigenvalue weighted by Crippen LogP contribution is 2.02. The summed E-state index contributed by atoms with van der Waals surface area (Å²) in [6.45, 7) is 0.245. The Balaban J connectivity index is 2.06. The summed E-state index contributed by atoms with van der Waals surface area (Å²) in [6, 6.07) is 5.77. The van der Waals surface area contributed by atoms with Gasteiger partial charge < -0.3 is 9.88 Å². The number of halogens is 1. The summed E-state index contributed by atoms with van der Waals surface area (Å²) < 4.78 is 15.0. The van der Waals surface area contributed by atoms with Crippen LogP contribution in [0.5, 0.6) is 0 Å². The van der Waals surface area contributed by atoms with E-state index in [4.69, 9.17) is 0 Å². The SMILES string of the molecule is Cn1cc(/C=C/C(=O)NCc2ccc(F)cc2)c(=O)n(C)c1=O. The van der Waals surface area contributed by atoms with Crippen molar-refractivity contribution in [2.45, 2.75) is 6.54 Å². The molecule has 0 radical (unpaired) electrons. The topological polar surface area (TPSA) is 73.1 Å². The molecular weight excluding hydrogens is 301 g/mol. The van der Waals surface area contributed by atoms with Crippen molar-refractivity contribution < 1.29 is 9.18 Å². The molecule has 0 aliphatic carbocycles. The van der Waals surface area contributed by atoms with Crippen LogP contribution in [0.2, 0.25) is 0 Å². The van der Waals surface area contributed by atoms with Crippen LogP contribution in [0.15, 0.2) is 46.1 Å². The van der Waals surface area contributed by atoms with Crippen LogP contribution in [0.25, 0.3) is 6.08 Å². The van der Waals surface area contributed by atoms with Crippen molar-refractivity contribution in [1.29, 1.82) is 0 Å². The zero-order valence-corrected chi connectivity index (χ0v) is 12.7. The van der Waals surface area contributed by atoms with E-state index in [9.17, 15) is 18.8 Å². The van der Waals surface area contributed by atoms with E-state index in [1.165, 1.54) is 49.1 Å². The molecule has 0 atom stereocenters. The maximum Gasteiger partial charge on any atom is 0.330 e. The Labute approximate surface area is 131 Å². The predicted molar refractivity (Wildman–Crippen MR) is 84.2 cm³/mol. The number of carbonyl (C=O) groups is 1. The summed E-state index contributed by atoms with van der Waals surface area (Å²) in [5, 5.41) is 2.62. The summed E-state index contributed by atoms with van der Waals surface area (Å²) in [6.07, 6.45) is 3.93. The van der Waals surface area contributed by atoms with E-state index in [2.05, 4.69) is 5.32 Å². The average molecular weight is 317 g/mol. The van der Waals surface area contributed by atoms with Gasteiger partial charge in [-0.05, 0) is 23.8 Å². The number of hydrogen-bond acceptors (Lipinski definition) is 3. The van der Waals surface area contributed by atoms with Crippen LogP contribution in [0.3, 0.4) is 0 Å². The van der Waals surface area contributed by atoms with Gasteiger partial charge in [-0.15, -0.1) is 0 Å². The van der Waals surface area contributed by atoms with Gasteiger partial charge in [-0.2, -0.15) is 0 Å². The third-order valence-corrected chi connectivity index (χ3v) is 3.27. The van der Waals surface area contributed by atoms with E-state index >= 15 is 0 Å². The van der Waals surface area contributed by atoms with E-state index < -0.39 is 17.2 Å². The molecule has 0 bridgehead atoms. The fraction of sp³-hybridized carbons (Fsp3) is 0.188. The van der Waals surface area contributed by atoms with Gasteiger partial charge in [0.25, 0.3) is 5.56 Å². The van der Waals surface area contributed by atoms with Crippen LogP contribution in [0, 0.1) is 5.82 Å². The second-order valence-corrected chi connectivity index (χ2v) is 5.02. The van der Waals surface area contributed by atoms with Crippen molar-refractivity contribution in [3.05, 3.63) is 74.3 Å². The second kappa shape index (κ2) is 6.87. The highest BCUT2D eigenvalue weighted by Gasteiger charge is 2.04. The Morgan fingerprint density at radius 1 is 1.22 bits per heavy atom. The smallest absolute Gasteiger partial charge is 0.330 e. The minimum atomic E-state index is -0.476. The van der Waals surface area contributed by atoms with E-state index in [-0.39, 0.29) is 17.9 Å². The molecule has 2 aromatic rings. The van der Waals surface area contributed by atoms with E-state index in [1.54, 1.807) is 12.1 Å². The summed E-state index contributed by atoms with van der Waals surface area (Å²) in [7, 11) is 2.89. The van der Waals surface area contributed by atoms with Gasteiger partial charge in [-0.1, -0.05) is 12.1 Å². The largest absolute Gasteiger partial charge is 0.348 e. The van der Waals surface area contributed by atoms with Gasteiger partial charge in [-0.25, -0.2) is 9.18 Å². The third-order valence-electron chi connectivity index (χ3n) is 3.27. The molecule has 120 valence electrons. The number of nitrogens with one attached hydrogen (secondary N) is 1. The molecule has 2 rings (SSSR count). The van der Waals surface area contributed by atoms with Gasteiger partial charge in [0.05, 0.1) is 5.56 Å². The van der Waals surface area contributed by atoms with Crippen LogP contribution < -0.4 is 16.6 Å². The summed E-state index contributed by atoms with van der Waals surface area (Å²) in [5.41, 5.74) is 0.0706. The van der Waals surface area contributed by atoms with Gasteiger partial charge in [0.15, 0.2) is 0 Å². The number of rotatable bonds is 4. The third kappa shape index (κ3) is 4.03.